The van der Waals surface area contributed by atoms with Crippen LogP contribution in [0, 0.1) is 5.92 Å². The Morgan fingerprint density at radius 1 is 1.00 bits per heavy atom. The van der Waals surface area contributed by atoms with Crippen molar-refractivity contribution in [2.45, 2.75) is 21.4 Å². The second-order valence-corrected chi connectivity index (χ2v) is 13.6. The first-order valence-corrected chi connectivity index (χ1v) is 14.3. The summed E-state index contributed by atoms with van der Waals surface area (Å²) in [5, 5.41) is 10.7. The Kier molecular flexibility index (Phi) is 5.73. The van der Waals surface area contributed by atoms with Crippen LogP contribution in [-0.2, 0) is 29.4 Å². The average molecular weight is 526 g/mol. The molecule has 1 fully saturated rings. The highest BCUT2D eigenvalue weighted by Crippen LogP contribution is 2.66. The molecule has 174 valence electrons. The molecule has 4 rings (SSSR count). The minimum atomic E-state index is -4.37. The number of aliphatic carboxylic acids is 1. The number of sulfonamides is 1. The zero-order valence-electron chi connectivity index (χ0n) is 17.5. The number of thiophene rings is 1. The number of benzene rings is 2. The molecule has 3 atom stereocenters. The molecule has 0 radical (unpaired) electrons. The lowest BCUT2D eigenvalue weighted by Crippen LogP contribution is -2.51. The van der Waals surface area contributed by atoms with E-state index in [-0.39, 0.29) is 9.77 Å². The number of carbonyl (C=O) groups is 1. The molecule has 0 bridgehead atoms. The standard InChI is InChI=1S/C22H20ClNO6S3/c1-14-21(20(25)26,22(14,32(2,27)28)16-6-4-3-5-7-16)24-33(29,30)19-13-12-18(31-19)15-8-10-17(23)11-9-15/h3-14,24H,1-2H3,(H,25,26)/t14?,21?,22-/m1/s1. The van der Waals surface area contributed by atoms with E-state index < -0.39 is 42.0 Å². The monoisotopic (exact) mass is 525 g/mol. The predicted octanol–water partition coefficient (Wildman–Crippen LogP) is 3.76. The molecule has 2 unspecified atom stereocenters. The van der Waals surface area contributed by atoms with Crippen LogP contribution >= 0.6 is 22.9 Å². The summed E-state index contributed by atoms with van der Waals surface area (Å²) in [6, 6.07) is 17.6. The number of hydrogen-bond donors (Lipinski definition) is 2. The van der Waals surface area contributed by atoms with Crippen molar-refractivity contribution < 1.29 is 26.7 Å². The highest BCUT2D eigenvalue weighted by atomic mass is 35.5. The molecule has 2 N–H and O–H groups in total. The molecular formula is C22H20ClNO6S3. The van der Waals surface area contributed by atoms with E-state index in [0.29, 0.717) is 9.90 Å². The normalized spacial score (nSPS) is 25.0. The second kappa shape index (κ2) is 7.92. The van der Waals surface area contributed by atoms with Gasteiger partial charge in [-0.05, 0) is 35.4 Å². The van der Waals surface area contributed by atoms with Gasteiger partial charge in [0.05, 0.1) is 0 Å². The third kappa shape index (κ3) is 3.52. The summed E-state index contributed by atoms with van der Waals surface area (Å²) in [7, 11) is -8.43. The molecule has 0 saturated heterocycles. The minimum Gasteiger partial charge on any atom is -0.480 e. The molecule has 1 aliphatic carbocycles. The van der Waals surface area contributed by atoms with Crippen molar-refractivity contribution in [3.05, 3.63) is 77.3 Å². The molecule has 0 amide bonds. The van der Waals surface area contributed by atoms with Crippen LogP contribution in [0.5, 0.6) is 0 Å². The largest absolute Gasteiger partial charge is 0.480 e. The van der Waals surface area contributed by atoms with Gasteiger partial charge in [0.1, 0.15) is 8.96 Å². The lowest BCUT2D eigenvalue weighted by molar-refractivity contribution is -0.140. The fourth-order valence-electron chi connectivity index (χ4n) is 4.67. The van der Waals surface area contributed by atoms with Crippen LogP contribution < -0.4 is 4.72 Å². The SMILES string of the molecule is CC1C(NS(=O)(=O)c2ccc(-c3ccc(Cl)cc3)s2)(C(=O)O)[C@@]1(c1ccccc1)S(C)(=O)=O. The van der Waals surface area contributed by atoms with Crippen molar-refractivity contribution in [3.8, 4) is 10.4 Å². The van der Waals surface area contributed by atoms with Crippen LogP contribution in [0.4, 0.5) is 0 Å². The first-order valence-electron chi connectivity index (χ1n) is 9.76. The fraction of sp³-hybridized carbons (Fsp3) is 0.227. The molecule has 0 aliphatic heterocycles. The number of nitrogens with one attached hydrogen (secondary N) is 1. The Balaban J connectivity index is 1.79. The number of carboxylic acid groups (broad SMARTS) is 1. The Bertz CT molecular complexity index is 1430. The summed E-state index contributed by atoms with van der Waals surface area (Å²) < 4.78 is 52.8. The minimum absolute atomic E-state index is 0.123. The van der Waals surface area contributed by atoms with Crippen molar-refractivity contribution in [3.63, 3.8) is 0 Å². The van der Waals surface area contributed by atoms with Crippen LogP contribution in [0.1, 0.15) is 12.5 Å². The number of rotatable bonds is 7. The zero-order chi connectivity index (χ0) is 24.2. The fourth-order valence-corrected chi connectivity index (χ4v) is 9.85. The molecule has 7 nitrogen and oxygen atoms in total. The highest BCUT2D eigenvalue weighted by molar-refractivity contribution is 7.93. The van der Waals surface area contributed by atoms with Gasteiger partial charge in [-0.1, -0.05) is 61.0 Å². The second-order valence-electron chi connectivity index (χ2n) is 7.94. The van der Waals surface area contributed by atoms with Gasteiger partial charge in [-0.25, -0.2) is 16.8 Å². The zero-order valence-corrected chi connectivity index (χ0v) is 20.7. The van der Waals surface area contributed by atoms with E-state index in [9.17, 15) is 26.7 Å². The van der Waals surface area contributed by atoms with E-state index in [2.05, 4.69) is 4.72 Å². The van der Waals surface area contributed by atoms with Crippen molar-refractivity contribution in [1.29, 1.82) is 0 Å². The summed E-state index contributed by atoms with van der Waals surface area (Å²) in [6.07, 6.45) is 0.930. The van der Waals surface area contributed by atoms with Gasteiger partial charge in [0, 0.05) is 22.1 Å². The van der Waals surface area contributed by atoms with E-state index in [4.69, 9.17) is 11.6 Å². The molecular weight excluding hydrogens is 506 g/mol. The lowest BCUT2D eigenvalue weighted by Gasteiger charge is -2.22. The molecule has 1 saturated carbocycles. The Hall–Kier alpha value is -2.24. The molecule has 1 aromatic heterocycles. The highest BCUT2D eigenvalue weighted by Gasteiger charge is 2.86. The maximum atomic E-state index is 13.3. The smallest absolute Gasteiger partial charge is 0.327 e. The molecule has 2 aromatic carbocycles. The molecule has 0 spiro atoms. The van der Waals surface area contributed by atoms with E-state index in [1.54, 1.807) is 48.5 Å². The number of hydrogen-bond acceptors (Lipinski definition) is 6. The van der Waals surface area contributed by atoms with Crippen molar-refractivity contribution in [2.24, 2.45) is 5.92 Å². The van der Waals surface area contributed by atoms with E-state index in [1.165, 1.54) is 25.1 Å². The van der Waals surface area contributed by atoms with Crippen LogP contribution in [0.2, 0.25) is 5.02 Å². The molecule has 11 heteroatoms. The average Bonchev–Trinajstić information content (AvgIpc) is 3.06. The predicted molar refractivity (Wildman–Crippen MR) is 128 cm³/mol. The first kappa shape index (κ1) is 23.9. The first-order chi connectivity index (χ1) is 15.4. The maximum absolute atomic E-state index is 13.3. The van der Waals surface area contributed by atoms with E-state index in [0.717, 1.165) is 23.2 Å². The van der Waals surface area contributed by atoms with Crippen LogP contribution in [0.25, 0.3) is 10.4 Å². The van der Waals surface area contributed by atoms with Gasteiger partial charge in [0.2, 0.25) is 0 Å². The summed E-state index contributed by atoms with van der Waals surface area (Å²) in [4.78, 5) is 13.1. The van der Waals surface area contributed by atoms with Gasteiger partial charge in [-0.3, -0.25) is 4.79 Å². The Morgan fingerprint density at radius 3 is 2.15 bits per heavy atom. The third-order valence-electron chi connectivity index (χ3n) is 6.16. The van der Waals surface area contributed by atoms with Gasteiger partial charge in [0.15, 0.2) is 15.4 Å². The number of halogens is 1. The molecule has 33 heavy (non-hydrogen) atoms. The van der Waals surface area contributed by atoms with Crippen molar-refractivity contribution in [1.82, 2.24) is 4.72 Å². The quantitative estimate of drug-likeness (QED) is 0.485. The Labute approximate surface area is 201 Å². The van der Waals surface area contributed by atoms with Gasteiger partial charge in [0.25, 0.3) is 10.0 Å². The molecule has 1 aliphatic rings. The van der Waals surface area contributed by atoms with E-state index >= 15 is 0 Å². The third-order valence-corrected chi connectivity index (χ3v) is 11.6. The van der Waals surface area contributed by atoms with Crippen molar-refractivity contribution in [2.75, 3.05) is 6.26 Å². The Morgan fingerprint density at radius 2 is 1.61 bits per heavy atom. The van der Waals surface area contributed by atoms with Gasteiger partial charge < -0.3 is 5.11 Å². The maximum Gasteiger partial charge on any atom is 0.327 e. The number of sulfone groups is 1. The van der Waals surface area contributed by atoms with Gasteiger partial charge in [-0.2, -0.15) is 4.72 Å². The lowest BCUT2D eigenvalue weighted by atomic mass is 10.1. The summed E-state index contributed by atoms with van der Waals surface area (Å²) >= 11 is 6.85. The summed E-state index contributed by atoms with van der Waals surface area (Å²) in [5.74, 6) is -2.60. The summed E-state index contributed by atoms with van der Waals surface area (Å²) in [5.41, 5.74) is -1.29. The molecule has 1 heterocycles. The van der Waals surface area contributed by atoms with Crippen LogP contribution in [-0.4, -0.2) is 39.7 Å². The topological polar surface area (TPSA) is 118 Å². The van der Waals surface area contributed by atoms with Gasteiger partial charge in [-0.15, -0.1) is 11.3 Å². The summed E-state index contributed by atoms with van der Waals surface area (Å²) in [6.45, 7) is 1.43. The molecule has 3 aromatic rings. The van der Waals surface area contributed by atoms with E-state index in [1.807, 2.05) is 0 Å². The van der Waals surface area contributed by atoms with Crippen molar-refractivity contribution >= 4 is 48.8 Å². The van der Waals surface area contributed by atoms with Gasteiger partial charge >= 0.3 is 5.97 Å². The number of carboxylic acids is 1. The van der Waals surface area contributed by atoms with Crippen LogP contribution in [0.3, 0.4) is 0 Å². The van der Waals surface area contributed by atoms with Crippen LogP contribution in [0.15, 0.2) is 70.9 Å².